The topological polar surface area (TPSA) is 41.5 Å². The molecule has 3 nitrogen and oxygen atoms in total. The molecule has 0 saturated carbocycles. The number of ether oxygens (including phenoxy) is 1. The zero-order valence-corrected chi connectivity index (χ0v) is 12.4. The van der Waals surface area contributed by atoms with Gasteiger partial charge in [0, 0.05) is 6.54 Å². The molecule has 108 valence electrons. The van der Waals surface area contributed by atoms with Gasteiger partial charge in [-0.3, -0.25) is 0 Å². The average Bonchev–Trinajstić information content (AvgIpc) is 2.37. The molecule has 1 aromatic rings. The van der Waals surface area contributed by atoms with E-state index in [1.807, 2.05) is 6.07 Å². The summed E-state index contributed by atoms with van der Waals surface area (Å²) in [6.07, 6.45) is 2.09. The van der Waals surface area contributed by atoms with Crippen LogP contribution in [0.3, 0.4) is 0 Å². The highest BCUT2D eigenvalue weighted by Crippen LogP contribution is 2.25. The molecule has 0 aliphatic rings. The number of nitrogens with one attached hydrogen (secondary N) is 1. The van der Waals surface area contributed by atoms with Gasteiger partial charge in [-0.25, -0.2) is 0 Å². The summed E-state index contributed by atoms with van der Waals surface area (Å²) in [5.41, 5.74) is 1.46. The van der Waals surface area contributed by atoms with Gasteiger partial charge in [-0.05, 0) is 42.5 Å². The highest BCUT2D eigenvalue weighted by molar-refractivity contribution is 5.32. The van der Waals surface area contributed by atoms with Crippen molar-refractivity contribution >= 4 is 0 Å². The maximum atomic E-state index is 8.62. The third kappa shape index (κ3) is 6.60. The Morgan fingerprint density at radius 1 is 1.16 bits per heavy atom. The van der Waals surface area contributed by atoms with Crippen LogP contribution < -0.4 is 10.1 Å². The number of aliphatic hydroxyl groups is 1. The molecule has 2 N–H and O–H groups in total. The second kappa shape index (κ2) is 8.18. The van der Waals surface area contributed by atoms with E-state index in [2.05, 4.69) is 44.3 Å². The Balaban J connectivity index is 2.26. The normalized spacial score (nSPS) is 11.6. The molecule has 0 aliphatic carbocycles. The fourth-order valence-corrected chi connectivity index (χ4v) is 1.80. The van der Waals surface area contributed by atoms with Crippen molar-refractivity contribution in [3.05, 3.63) is 29.8 Å². The Kier molecular flexibility index (Phi) is 6.89. The number of unbranched alkanes of at least 4 members (excludes halogenated alkanes) is 1. The molecule has 0 amide bonds. The summed E-state index contributed by atoms with van der Waals surface area (Å²) in [7, 11) is 0. The predicted molar refractivity (Wildman–Crippen MR) is 79.8 cm³/mol. The van der Waals surface area contributed by atoms with Gasteiger partial charge in [0.05, 0.1) is 13.2 Å². The molecular formula is C16H27NO2. The van der Waals surface area contributed by atoms with Crippen LogP contribution in [0, 0.1) is 0 Å². The van der Waals surface area contributed by atoms with E-state index in [4.69, 9.17) is 9.84 Å². The Hall–Kier alpha value is -1.06. The van der Waals surface area contributed by atoms with Crippen LogP contribution in [0.2, 0.25) is 0 Å². The van der Waals surface area contributed by atoms with Crippen LogP contribution >= 0.6 is 0 Å². The average molecular weight is 265 g/mol. The van der Waals surface area contributed by atoms with Crippen molar-refractivity contribution in [2.24, 2.45) is 0 Å². The van der Waals surface area contributed by atoms with Crippen molar-refractivity contribution in [3.63, 3.8) is 0 Å². The fraction of sp³-hybridized carbons (Fsp3) is 0.625. The molecule has 0 saturated heterocycles. The molecule has 0 aromatic heterocycles. The summed E-state index contributed by atoms with van der Waals surface area (Å²) >= 11 is 0. The Bertz CT molecular complexity index is 358. The van der Waals surface area contributed by atoms with Gasteiger partial charge >= 0.3 is 0 Å². The predicted octanol–water partition coefficient (Wildman–Crippen LogP) is 2.73. The summed E-state index contributed by atoms with van der Waals surface area (Å²) in [6.45, 7) is 9.18. The molecule has 1 aromatic carbocycles. The molecule has 0 atom stereocenters. The van der Waals surface area contributed by atoms with Crippen molar-refractivity contribution < 1.29 is 9.84 Å². The molecule has 0 fully saturated rings. The van der Waals surface area contributed by atoms with E-state index < -0.39 is 0 Å². The maximum Gasteiger partial charge on any atom is 0.119 e. The van der Waals surface area contributed by atoms with Crippen LogP contribution in [-0.4, -0.2) is 31.4 Å². The highest BCUT2D eigenvalue weighted by atomic mass is 16.5. The first-order valence-corrected chi connectivity index (χ1v) is 7.09. The molecule has 0 spiro atoms. The van der Waals surface area contributed by atoms with Gasteiger partial charge in [0.2, 0.25) is 0 Å². The maximum absolute atomic E-state index is 8.62. The van der Waals surface area contributed by atoms with Crippen molar-refractivity contribution in [1.29, 1.82) is 0 Å². The quantitative estimate of drug-likeness (QED) is 0.710. The minimum Gasteiger partial charge on any atom is -0.494 e. The fourth-order valence-electron chi connectivity index (χ4n) is 1.80. The number of hydrogen-bond acceptors (Lipinski definition) is 3. The SMILES string of the molecule is CC(C)(C)c1cccc(OCCCCNCCO)c1. The van der Waals surface area contributed by atoms with E-state index >= 15 is 0 Å². The third-order valence-electron chi connectivity index (χ3n) is 3.01. The summed E-state index contributed by atoms with van der Waals surface area (Å²) in [5.74, 6) is 0.954. The minimum atomic E-state index is 0.160. The lowest BCUT2D eigenvalue weighted by atomic mass is 9.87. The van der Waals surface area contributed by atoms with E-state index in [1.165, 1.54) is 5.56 Å². The van der Waals surface area contributed by atoms with Gasteiger partial charge in [0.15, 0.2) is 0 Å². The standard InChI is InChI=1S/C16H27NO2/c1-16(2,3)14-7-6-8-15(13-14)19-12-5-4-9-17-10-11-18/h6-8,13,17-18H,4-5,9-12H2,1-3H3. The molecule has 19 heavy (non-hydrogen) atoms. The lowest BCUT2D eigenvalue weighted by molar-refractivity contribution is 0.286. The number of rotatable bonds is 8. The lowest BCUT2D eigenvalue weighted by Crippen LogP contribution is -2.19. The van der Waals surface area contributed by atoms with Crippen molar-refractivity contribution in [3.8, 4) is 5.75 Å². The number of benzene rings is 1. The van der Waals surface area contributed by atoms with Gasteiger partial charge in [0.1, 0.15) is 5.75 Å². The van der Waals surface area contributed by atoms with E-state index in [0.29, 0.717) is 6.54 Å². The number of aliphatic hydroxyl groups excluding tert-OH is 1. The number of hydrogen-bond donors (Lipinski definition) is 2. The van der Waals surface area contributed by atoms with Crippen molar-refractivity contribution in [2.45, 2.75) is 39.0 Å². The molecule has 0 unspecified atom stereocenters. The molecule has 0 heterocycles. The second-order valence-corrected chi connectivity index (χ2v) is 5.81. The minimum absolute atomic E-state index is 0.160. The van der Waals surface area contributed by atoms with Gasteiger partial charge in [-0.2, -0.15) is 0 Å². The molecule has 1 rings (SSSR count). The van der Waals surface area contributed by atoms with E-state index in [1.54, 1.807) is 0 Å². The largest absolute Gasteiger partial charge is 0.494 e. The molecule has 0 aliphatic heterocycles. The molecular weight excluding hydrogens is 238 g/mol. The van der Waals surface area contributed by atoms with E-state index in [0.717, 1.165) is 31.7 Å². The van der Waals surface area contributed by atoms with Gasteiger partial charge in [-0.1, -0.05) is 32.9 Å². The zero-order valence-electron chi connectivity index (χ0n) is 12.4. The first-order chi connectivity index (χ1) is 9.04. The summed E-state index contributed by atoms with van der Waals surface area (Å²) < 4.78 is 5.77. The van der Waals surface area contributed by atoms with Crippen molar-refractivity contribution in [1.82, 2.24) is 5.32 Å². The monoisotopic (exact) mass is 265 g/mol. The lowest BCUT2D eigenvalue weighted by Gasteiger charge is -2.19. The van der Waals surface area contributed by atoms with E-state index in [-0.39, 0.29) is 12.0 Å². The van der Waals surface area contributed by atoms with Gasteiger partial charge in [-0.15, -0.1) is 0 Å². The molecule has 0 radical (unpaired) electrons. The van der Waals surface area contributed by atoms with Crippen LogP contribution in [0.1, 0.15) is 39.2 Å². The summed E-state index contributed by atoms with van der Waals surface area (Å²) in [5, 5.41) is 11.8. The second-order valence-electron chi connectivity index (χ2n) is 5.81. The van der Waals surface area contributed by atoms with Gasteiger partial charge < -0.3 is 15.2 Å². The van der Waals surface area contributed by atoms with Crippen molar-refractivity contribution in [2.75, 3.05) is 26.3 Å². The Morgan fingerprint density at radius 3 is 2.63 bits per heavy atom. The van der Waals surface area contributed by atoms with Crippen LogP contribution in [-0.2, 0) is 5.41 Å². The molecule has 3 heteroatoms. The van der Waals surface area contributed by atoms with E-state index in [9.17, 15) is 0 Å². The van der Waals surface area contributed by atoms with Crippen LogP contribution in [0.25, 0.3) is 0 Å². The van der Waals surface area contributed by atoms with Crippen LogP contribution in [0.15, 0.2) is 24.3 Å². The Labute approximate surface area is 117 Å². The Morgan fingerprint density at radius 2 is 1.95 bits per heavy atom. The van der Waals surface area contributed by atoms with Gasteiger partial charge in [0.25, 0.3) is 0 Å². The van der Waals surface area contributed by atoms with Crippen LogP contribution in [0.5, 0.6) is 5.75 Å². The smallest absolute Gasteiger partial charge is 0.119 e. The molecule has 0 bridgehead atoms. The van der Waals surface area contributed by atoms with Crippen LogP contribution in [0.4, 0.5) is 0 Å². The third-order valence-corrected chi connectivity index (χ3v) is 3.01. The summed E-state index contributed by atoms with van der Waals surface area (Å²) in [4.78, 5) is 0. The summed E-state index contributed by atoms with van der Waals surface area (Å²) in [6, 6.07) is 8.34. The first kappa shape index (κ1) is 16.0. The highest BCUT2D eigenvalue weighted by Gasteiger charge is 2.13. The zero-order chi connectivity index (χ0) is 14.1. The first-order valence-electron chi connectivity index (χ1n) is 7.09.